The van der Waals surface area contributed by atoms with Crippen molar-refractivity contribution in [2.24, 2.45) is 0 Å². The van der Waals surface area contributed by atoms with Gasteiger partial charge >= 0.3 is 0 Å². The summed E-state index contributed by atoms with van der Waals surface area (Å²) in [6, 6.07) is 3.57. The molecule has 0 spiro atoms. The number of hydrogen-bond donors (Lipinski definition) is 0. The fourth-order valence-corrected chi connectivity index (χ4v) is 2.37. The summed E-state index contributed by atoms with van der Waals surface area (Å²) >= 11 is 0. The molecule has 4 heteroatoms. The van der Waals surface area contributed by atoms with Gasteiger partial charge in [0.2, 0.25) is 0 Å². The molecule has 0 N–H and O–H groups in total. The van der Waals surface area contributed by atoms with Crippen molar-refractivity contribution in [1.82, 2.24) is 0 Å². The molecule has 2 rings (SSSR count). The molecule has 0 atom stereocenters. The van der Waals surface area contributed by atoms with Crippen molar-refractivity contribution in [2.75, 3.05) is 11.4 Å². The minimum Gasteiger partial charge on any atom is -0.304 e. The fraction of sp³-hybridized carbons (Fsp3) is 0.400. The number of rotatable bonds is 4. The van der Waals surface area contributed by atoms with E-state index in [1.165, 1.54) is 11.8 Å². The summed E-state index contributed by atoms with van der Waals surface area (Å²) in [6.45, 7) is 5.82. The third-order valence-corrected chi connectivity index (χ3v) is 3.57. The first kappa shape index (κ1) is 13.5. The summed E-state index contributed by atoms with van der Waals surface area (Å²) in [5.41, 5.74) is 3.21. The third-order valence-electron chi connectivity index (χ3n) is 3.57. The highest BCUT2D eigenvalue weighted by atomic mass is 16.2. The Bertz CT molecular complexity index is 575. The molecule has 0 radical (unpaired) electrons. The standard InChI is InChI=1S/C15H17NO3/c1-9-6-7-12-13(11(9)3)16(15(19)14(12)18)8-4-5-10(2)17/h6-7H,4-5,8H2,1-3H3. The Morgan fingerprint density at radius 1 is 1.21 bits per heavy atom. The normalized spacial score (nSPS) is 13.9. The van der Waals surface area contributed by atoms with Crippen LogP contribution in [0.2, 0.25) is 0 Å². The van der Waals surface area contributed by atoms with Gasteiger partial charge < -0.3 is 9.69 Å². The van der Waals surface area contributed by atoms with Crippen molar-refractivity contribution >= 4 is 23.2 Å². The van der Waals surface area contributed by atoms with Crippen molar-refractivity contribution in [3.05, 3.63) is 28.8 Å². The Labute approximate surface area is 112 Å². The Balaban J connectivity index is 2.32. The number of ketones is 2. The van der Waals surface area contributed by atoms with E-state index in [-0.39, 0.29) is 5.78 Å². The smallest absolute Gasteiger partial charge is 0.299 e. The average Bonchev–Trinajstić information content (AvgIpc) is 2.59. The van der Waals surface area contributed by atoms with Crippen molar-refractivity contribution in [1.29, 1.82) is 0 Å². The second-order valence-electron chi connectivity index (χ2n) is 5.00. The lowest BCUT2D eigenvalue weighted by Crippen LogP contribution is -2.31. The van der Waals surface area contributed by atoms with E-state index in [1.807, 2.05) is 19.9 Å². The molecule has 0 aromatic heterocycles. The maximum Gasteiger partial charge on any atom is 0.299 e. The summed E-state index contributed by atoms with van der Waals surface area (Å²) in [5, 5.41) is 0. The summed E-state index contributed by atoms with van der Waals surface area (Å²) in [6.07, 6.45) is 1.01. The molecule has 19 heavy (non-hydrogen) atoms. The minimum atomic E-state index is -0.479. The van der Waals surface area contributed by atoms with Crippen LogP contribution in [0.5, 0.6) is 0 Å². The highest BCUT2D eigenvalue weighted by Crippen LogP contribution is 2.34. The van der Waals surface area contributed by atoms with Gasteiger partial charge in [0.25, 0.3) is 11.7 Å². The maximum absolute atomic E-state index is 12.0. The van der Waals surface area contributed by atoms with Crippen LogP contribution in [-0.4, -0.2) is 24.0 Å². The predicted octanol–water partition coefficient (Wildman–Crippen LogP) is 2.20. The zero-order valence-electron chi connectivity index (χ0n) is 11.4. The first-order valence-electron chi connectivity index (χ1n) is 6.39. The predicted molar refractivity (Wildman–Crippen MR) is 72.5 cm³/mol. The van der Waals surface area contributed by atoms with Gasteiger partial charge in [0, 0.05) is 13.0 Å². The highest BCUT2D eigenvalue weighted by molar-refractivity contribution is 6.52. The number of fused-ring (bicyclic) bond motifs is 1. The van der Waals surface area contributed by atoms with Crippen molar-refractivity contribution in [3.63, 3.8) is 0 Å². The molecule has 1 heterocycles. The summed E-state index contributed by atoms with van der Waals surface area (Å²) in [5.74, 6) is -0.827. The fourth-order valence-electron chi connectivity index (χ4n) is 2.37. The third kappa shape index (κ3) is 2.30. The van der Waals surface area contributed by atoms with E-state index >= 15 is 0 Å². The van der Waals surface area contributed by atoms with Crippen molar-refractivity contribution in [2.45, 2.75) is 33.6 Å². The van der Waals surface area contributed by atoms with Gasteiger partial charge in [0.1, 0.15) is 5.78 Å². The van der Waals surface area contributed by atoms with Crippen LogP contribution in [0.25, 0.3) is 0 Å². The molecule has 1 aromatic rings. The van der Waals surface area contributed by atoms with Crippen LogP contribution in [0, 0.1) is 13.8 Å². The first-order valence-corrected chi connectivity index (χ1v) is 6.39. The van der Waals surface area contributed by atoms with Gasteiger partial charge in [-0.05, 0) is 44.4 Å². The Morgan fingerprint density at radius 3 is 2.53 bits per heavy atom. The summed E-state index contributed by atoms with van der Waals surface area (Å²) in [7, 11) is 0. The summed E-state index contributed by atoms with van der Waals surface area (Å²) in [4.78, 5) is 36.4. The van der Waals surface area contributed by atoms with E-state index in [9.17, 15) is 14.4 Å². The first-order chi connectivity index (χ1) is 8.93. The molecular weight excluding hydrogens is 242 g/mol. The van der Waals surface area contributed by atoms with Gasteiger partial charge in [0.15, 0.2) is 0 Å². The Morgan fingerprint density at radius 2 is 1.89 bits per heavy atom. The topological polar surface area (TPSA) is 54.5 Å². The molecule has 0 saturated carbocycles. The number of nitrogens with zero attached hydrogens (tertiary/aromatic N) is 1. The second-order valence-corrected chi connectivity index (χ2v) is 5.00. The van der Waals surface area contributed by atoms with Crippen LogP contribution < -0.4 is 4.90 Å². The molecule has 0 saturated heterocycles. The minimum absolute atomic E-state index is 0.0964. The van der Waals surface area contributed by atoms with Crippen LogP contribution in [0.4, 0.5) is 5.69 Å². The van der Waals surface area contributed by atoms with Gasteiger partial charge in [-0.25, -0.2) is 0 Å². The molecule has 0 aliphatic carbocycles. The molecule has 0 bridgehead atoms. The van der Waals surface area contributed by atoms with Crippen LogP contribution >= 0.6 is 0 Å². The van der Waals surface area contributed by atoms with Gasteiger partial charge in [-0.3, -0.25) is 9.59 Å². The van der Waals surface area contributed by atoms with Gasteiger partial charge in [0.05, 0.1) is 11.3 Å². The molecule has 0 fully saturated rings. The lowest BCUT2D eigenvalue weighted by Gasteiger charge is -2.19. The monoisotopic (exact) mass is 259 g/mol. The molecule has 1 aliphatic rings. The van der Waals surface area contributed by atoms with E-state index in [2.05, 4.69) is 0 Å². The SMILES string of the molecule is CC(=O)CCCN1C(=O)C(=O)c2ccc(C)c(C)c21. The second kappa shape index (κ2) is 4.96. The highest BCUT2D eigenvalue weighted by Gasteiger charge is 2.36. The Hall–Kier alpha value is -1.97. The number of carbonyl (C=O) groups is 3. The van der Waals surface area contributed by atoms with E-state index in [0.717, 1.165) is 16.8 Å². The van der Waals surface area contributed by atoms with Crippen LogP contribution in [0.15, 0.2) is 12.1 Å². The molecule has 1 aromatic carbocycles. The number of anilines is 1. The zero-order chi connectivity index (χ0) is 14.2. The Kier molecular flexibility index (Phi) is 3.51. The number of carbonyl (C=O) groups excluding carboxylic acids is 3. The van der Waals surface area contributed by atoms with Gasteiger partial charge in [-0.15, -0.1) is 0 Å². The number of Topliss-reactive ketones (excluding diaryl/α,β-unsaturated/α-hetero) is 2. The van der Waals surface area contributed by atoms with Crippen LogP contribution in [-0.2, 0) is 9.59 Å². The lowest BCUT2D eigenvalue weighted by molar-refractivity contribution is -0.117. The maximum atomic E-state index is 12.0. The van der Waals surface area contributed by atoms with Crippen LogP contribution in [0.3, 0.4) is 0 Å². The van der Waals surface area contributed by atoms with Gasteiger partial charge in [-0.1, -0.05) is 6.07 Å². The number of aryl methyl sites for hydroxylation is 1. The quantitative estimate of drug-likeness (QED) is 0.779. The van der Waals surface area contributed by atoms with E-state index < -0.39 is 11.7 Å². The molecule has 0 unspecified atom stereocenters. The van der Waals surface area contributed by atoms with Crippen LogP contribution in [0.1, 0.15) is 41.3 Å². The van der Waals surface area contributed by atoms with Crippen molar-refractivity contribution < 1.29 is 14.4 Å². The van der Waals surface area contributed by atoms with E-state index in [0.29, 0.717) is 24.9 Å². The molecule has 4 nitrogen and oxygen atoms in total. The molecule has 1 aliphatic heterocycles. The number of benzene rings is 1. The molecular formula is C15H17NO3. The van der Waals surface area contributed by atoms with Gasteiger partial charge in [-0.2, -0.15) is 0 Å². The van der Waals surface area contributed by atoms with E-state index in [1.54, 1.807) is 6.07 Å². The van der Waals surface area contributed by atoms with Crippen molar-refractivity contribution in [3.8, 4) is 0 Å². The molecule has 1 amide bonds. The number of amides is 1. The largest absolute Gasteiger partial charge is 0.304 e. The molecule has 100 valence electrons. The summed E-state index contributed by atoms with van der Waals surface area (Å²) < 4.78 is 0. The zero-order valence-corrected chi connectivity index (χ0v) is 11.4. The average molecular weight is 259 g/mol. The number of hydrogen-bond acceptors (Lipinski definition) is 3. The van der Waals surface area contributed by atoms with E-state index in [4.69, 9.17) is 0 Å². The lowest BCUT2D eigenvalue weighted by atomic mass is 10.0.